The van der Waals surface area contributed by atoms with Crippen LogP contribution in [0.5, 0.6) is 0 Å². The van der Waals surface area contributed by atoms with E-state index in [1.807, 2.05) is 10.6 Å². The van der Waals surface area contributed by atoms with Gasteiger partial charge in [-0.3, -0.25) is 9.47 Å². The van der Waals surface area contributed by atoms with Gasteiger partial charge >= 0.3 is 0 Å². The van der Waals surface area contributed by atoms with Gasteiger partial charge in [-0.15, -0.1) is 10.2 Å². The highest BCUT2D eigenvalue weighted by atomic mass is 32.2. The molecule has 0 N–H and O–H groups in total. The summed E-state index contributed by atoms with van der Waals surface area (Å²) in [5.41, 5.74) is 1.68. The maximum absolute atomic E-state index is 13.6. The van der Waals surface area contributed by atoms with Gasteiger partial charge in [0, 0.05) is 25.5 Å². The summed E-state index contributed by atoms with van der Waals surface area (Å²) in [4.78, 5) is 2.63. The minimum Gasteiger partial charge on any atom is -0.296 e. The maximum Gasteiger partial charge on any atom is 0.242 e. The molecule has 0 unspecified atom stereocenters. The van der Waals surface area contributed by atoms with Gasteiger partial charge in [-0.1, -0.05) is 30.3 Å². The lowest BCUT2D eigenvalue weighted by molar-refractivity contribution is 0.214. The second-order valence-corrected chi connectivity index (χ2v) is 11.4. The fourth-order valence-electron chi connectivity index (χ4n) is 3.82. The molecule has 176 valence electrons. The molecule has 2 aromatic carbocycles. The third-order valence-electron chi connectivity index (χ3n) is 5.64. The maximum atomic E-state index is 13.6. The van der Waals surface area contributed by atoms with Crippen molar-refractivity contribution in [2.75, 3.05) is 27.2 Å². The number of nitrogens with zero attached hydrogens (tertiary/aromatic N) is 5. The van der Waals surface area contributed by atoms with Crippen LogP contribution in [0, 0.1) is 5.82 Å². The van der Waals surface area contributed by atoms with Gasteiger partial charge in [0.25, 0.3) is 0 Å². The summed E-state index contributed by atoms with van der Waals surface area (Å²) in [6.45, 7) is 2.75. The van der Waals surface area contributed by atoms with Crippen LogP contribution in [0.25, 0.3) is 5.69 Å². The van der Waals surface area contributed by atoms with Crippen LogP contribution < -0.4 is 0 Å². The largest absolute Gasteiger partial charge is 0.296 e. The first kappa shape index (κ1) is 23.9. The number of hydrogen-bond acceptors (Lipinski definition) is 6. The average molecular weight is 490 g/mol. The number of sulfonamides is 1. The Morgan fingerprint density at radius 2 is 1.76 bits per heavy atom. The Morgan fingerprint density at radius 1 is 1.03 bits per heavy atom. The van der Waals surface area contributed by atoms with Crippen molar-refractivity contribution >= 4 is 21.8 Å². The van der Waals surface area contributed by atoms with Crippen molar-refractivity contribution in [2.45, 2.75) is 41.6 Å². The van der Waals surface area contributed by atoms with Crippen LogP contribution in [0.3, 0.4) is 0 Å². The van der Waals surface area contributed by atoms with Crippen LogP contribution in [0.15, 0.2) is 58.6 Å². The second kappa shape index (κ2) is 10.3. The minimum atomic E-state index is -3.50. The first-order valence-electron chi connectivity index (χ1n) is 10.9. The van der Waals surface area contributed by atoms with Crippen LogP contribution in [0.4, 0.5) is 4.39 Å². The van der Waals surface area contributed by atoms with E-state index in [2.05, 4.69) is 15.1 Å². The van der Waals surface area contributed by atoms with Crippen molar-refractivity contribution in [1.82, 2.24) is 24.0 Å². The van der Waals surface area contributed by atoms with Gasteiger partial charge in [0.2, 0.25) is 10.0 Å². The summed E-state index contributed by atoms with van der Waals surface area (Å²) in [6, 6.07) is 13.3. The third-order valence-corrected chi connectivity index (χ3v) is 8.46. The van der Waals surface area contributed by atoms with E-state index in [0.29, 0.717) is 17.5 Å². The summed E-state index contributed by atoms with van der Waals surface area (Å²) < 4.78 is 41.7. The zero-order valence-corrected chi connectivity index (χ0v) is 20.4. The number of halogens is 1. The number of likely N-dealkylation sites (tertiary alicyclic amines) is 1. The van der Waals surface area contributed by atoms with Crippen LogP contribution in [0.1, 0.15) is 30.7 Å². The van der Waals surface area contributed by atoms with Gasteiger partial charge in [-0.25, -0.2) is 17.1 Å². The van der Waals surface area contributed by atoms with Crippen LogP contribution in [0.2, 0.25) is 0 Å². The molecule has 0 aliphatic carbocycles. The average Bonchev–Trinajstić information content (AvgIpc) is 3.21. The van der Waals surface area contributed by atoms with E-state index in [0.717, 1.165) is 30.2 Å². The lowest BCUT2D eigenvalue weighted by Crippen LogP contribution is -2.30. The molecule has 10 heteroatoms. The van der Waals surface area contributed by atoms with Crippen molar-refractivity contribution in [1.29, 1.82) is 0 Å². The van der Waals surface area contributed by atoms with Crippen molar-refractivity contribution in [3.8, 4) is 5.69 Å². The van der Waals surface area contributed by atoms with Crippen molar-refractivity contribution < 1.29 is 12.8 Å². The highest BCUT2D eigenvalue weighted by Crippen LogP contribution is 2.27. The lowest BCUT2D eigenvalue weighted by atomic mass is 10.1. The molecule has 1 aliphatic heterocycles. The summed E-state index contributed by atoms with van der Waals surface area (Å²) >= 11 is 1.48. The SMILES string of the molecule is CN(C)S(=O)(=O)c1cccc(CSc2nnc(CN3CCCCC3)n2-c2ccc(F)cc2)c1. The molecule has 1 aliphatic rings. The number of thioether (sulfide) groups is 1. The molecule has 1 saturated heterocycles. The van der Waals surface area contributed by atoms with E-state index < -0.39 is 10.0 Å². The Balaban J connectivity index is 1.59. The zero-order chi connectivity index (χ0) is 23.4. The molecule has 0 spiro atoms. The van der Waals surface area contributed by atoms with Gasteiger partial charge in [0.15, 0.2) is 11.0 Å². The predicted octanol–water partition coefficient (Wildman–Crippen LogP) is 3.93. The zero-order valence-electron chi connectivity index (χ0n) is 18.8. The number of rotatable bonds is 8. The molecule has 2 heterocycles. The molecule has 1 aromatic heterocycles. The second-order valence-electron chi connectivity index (χ2n) is 8.27. The van der Waals surface area contributed by atoms with E-state index >= 15 is 0 Å². The molecule has 0 amide bonds. The molecule has 0 bridgehead atoms. The fraction of sp³-hybridized carbons (Fsp3) is 0.391. The molecule has 0 atom stereocenters. The van der Waals surface area contributed by atoms with Gasteiger partial charge in [0.1, 0.15) is 5.82 Å². The summed E-state index contributed by atoms with van der Waals surface area (Å²) in [5.74, 6) is 1.05. The van der Waals surface area contributed by atoms with Gasteiger partial charge in [-0.05, 0) is 67.9 Å². The van der Waals surface area contributed by atoms with Gasteiger partial charge in [-0.2, -0.15) is 0 Å². The molecule has 0 radical (unpaired) electrons. The Labute approximate surface area is 198 Å². The smallest absolute Gasteiger partial charge is 0.242 e. The van der Waals surface area contributed by atoms with E-state index in [1.54, 1.807) is 30.3 Å². The first-order chi connectivity index (χ1) is 15.8. The van der Waals surface area contributed by atoms with E-state index in [1.165, 1.54) is 61.6 Å². The molecular weight excluding hydrogens is 461 g/mol. The molecular formula is C23H28FN5O2S2. The molecule has 4 rings (SSSR count). The fourth-order valence-corrected chi connectivity index (χ4v) is 5.70. The quantitative estimate of drug-likeness (QED) is 0.447. The monoisotopic (exact) mass is 489 g/mol. The van der Waals surface area contributed by atoms with E-state index in [4.69, 9.17) is 0 Å². The van der Waals surface area contributed by atoms with Crippen LogP contribution in [-0.4, -0.2) is 59.6 Å². The van der Waals surface area contributed by atoms with Crippen LogP contribution >= 0.6 is 11.8 Å². The molecule has 3 aromatic rings. The highest BCUT2D eigenvalue weighted by Gasteiger charge is 2.20. The van der Waals surface area contributed by atoms with E-state index in [9.17, 15) is 12.8 Å². The summed E-state index contributed by atoms with van der Waals surface area (Å²) in [5, 5.41) is 9.57. The number of aromatic nitrogens is 3. The van der Waals surface area contributed by atoms with Crippen LogP contribution in [-0.2, 0) is 22.3 Å². The molecule has 1 fully saturated rings. The topological polar surface area (TPSA) is 71.3 Å². The van der Waals surface area contributed by atoms with Crippen molar-refractivity contribution in [2.24, 2.45) is 0 Å². The Bertz CT molecular complexity index is 1190. The Morgan fingerprint density at radius 3 is 2.45 bits per heavy atom. The minimum absolute atomic E-state index is 0.261. The summed E-state index contributed by atoms with van der Waals surface area (Å²) in [7, 11) is -0.461. The van der Waals surface area contributed by atoms with Gasteiger partial charge in [0.05, 0.1) is 11.4 Å². The number of piperidine rings is 1. The lowest BCUT2D eigenvalue weighted by Gasteiger charge is -2.26. The van der Waals surface area contributed by atoms with Crippen molar-refractivity contribution in [3.05, 3.63) is 65.7 Å². The predicted molar refractivity (Wildman–Crippen MR) is 127 cm³/mol. The number of benzene rings is 2. The molecule has 33 heavy (non-hydrogen) atoms. The normalized spacial score (nSPS) is 15.3. The molecule has 7 nitrogen and oxygen atoms in total. The Hall–Kier alpha value is -2.27. The highest BCUT2D eigenvalue weighted by molar-refractivity contribution is 7.98. The van der Waals surface area contributed by atoms with Gasteiger partial charge < -0.3 is 0 Å². The first-order valence-corrected chi connectivity index (χ1v) is 13.3. The Kier molecular flexibility index (Phi) is 7.48. The van der Waals surface area contributed by atoms with Crippen molar-refractivity contribution in [3.63, 3.8) is 0 Å². The van der Waals surface area contributed by atoms with E-state index in [-0.39, 0.29) is 10.7 Å². The summed E-state index contributed by atoms with van der Waals surface area (Å²) in [6.07, 6.45) is 3.61. The number of hydrogen-bond donors (Lipinski definition) is 0. The standard InChI is InChI=1S/C23H28FN5O2S2/c1-27(2)33(30,31)21-8-6-7-18(15-21)17-32-23-26-25-22(16-28-13-4-3-5-14-28)29(23)20-11-9-19(24)10-12-20/h6-12,15H,3-5,13-14,16-17H2,1-2H3. The third kappa shape index (κ3) is 5.63. The molecule has 0 saturated carbocycles.